The third kappa shape index (κ3) is 7.15. The molecule has 2 aromatic rings. The Bertz CT molecular complexity index is 923. The number of hydrogen-bond donors (Lipinski definition) is 2. The molecule has 1 atom stereocenters. The first-order valence-electron chi connectivity index (χ1n) is 11.2. The highest BCUT2D eigenvalue weighted by Crippen LogP contribution is 2.22. The minimum Gasteiger partial charge on any atom is -0.379 e. The second-order valence-electron chi connectivity index (χ2n) is 8.07. The fraction of sp³-hybridized carbons (Fsp3) is 0.400. The summed E-state index contributed by atoms with van der Waals surface area (Å²) in [5.41, 5.74) is 3.53. The van der Waals surface area contributed by atoms with Crippen molar-refractivity contribution in [3.8, 4) is 0 Å². The lowest BCUT2D eigenvalue weighted by Gasteiger charge is -2.35. The normalized spacial score (nSPS) is 17.5. The molecule has 2 aliphatic heterocycles. The molecule has 33 heavy (non-hydrogen) atoms. The number of guanidine groups is 1. The number of morpholine rings is 1. The molecule has 8 heteroatoms. The molecule has 0 aliphatic carbocycles. The summed E-state index contributed by atoms with van der Waals surface area (Å²) in [5, 5.41) is 6.89. The van der Waals surface area contributed by atoms with Gasteiger partial charge in [-0.05, 0) is 35.4 Å². The molecule has 2 aliphatic rings. The summed E-state index contributed by atoms with van der Waals surface area (Å²) in [6, 6.07) is 15.5. The van der Waals surface area contributed by atoms with E-state index in [0.29, 0.717) is 26.3 Å². The first kappa shape index (κ1) is 25.5. The standard InChI is InChI=1S/C25H32FN5O.HI/c1-27-25(28-18-20-5-4-6-23(17-20)30-11-2-3-12-30)29-19-24(31-13-15-32-16-14-31)21-7-9-22(26)10-8-21;/h2-10,17,24H,11-16,18-19H2,1H3,(H2,27,28,29);1H. The quantitative estimate of drug-likeness (QED) is 0.233. The average Bonchev–Trinajstić information content (AvgIpc) is 3.38. The molecule has 178 valence electrons. The highest BCUT2D eigenvalue weighted by Gasteiger charge is 2.23. The van der Waals surface area contributed by atoms with Crippen molar-refractivity contribution < 1.29 is 9.13 Å². The molecular formula is C25H33FIN5O. The minimum atomic E-state index is -0.216. The number of nitrogens with one attached hydrogen (secondary N) is 2. The molecule has 4 rings (SSSR count). The van der Waals surface area contributed by atoms with E-state index in [9.17, 15) is 4.39 Å². The summed E-state index contributed by atoms with van der Waals surface area (Å²) in [4.78, 5) is 9.12. The smallest absolute Gasteiger partial charge is 0.191 e. The number of halogens is 2. The van der Waals surface area contributed by atoms with Crippen molar-refractivity contribution in [3.63, 3.8) is 0 Å². The predicted molar refractivity (Wildman–Crippen MR) is 143 cm³/mol. The zero-order valence-electron chi connectivity index (χ0n) is 19.0. The molecule has 2 N–H and O–H groups in total. The molecule has 0 bridgehead atoms. The number of hydrogen-bond acceptors (Lipinski definition) is 4. The molecule has 2 heterocycles. The molecule has 0 spiro atoms. The Balaban J connectivity index is 0.00000306. The van der Waals surface area contributed by atoms with Gasteiger partial charge >= 0.3 is 0 Å². The van der Waals surface area contributed by atoms with E-state index < -0.39 is 0 Å². The zero-order chi connectivity index (χ0) is 22.2. The summed E-state index contributed by atoms with van der Waals surface area (Å²) in [7, 11) is 1.78. The number of aliphatic imine (C=N–C) groups is 1. The van der Waals surface area contributed by atoms with Crippen LogP contribution in [0.15, 0.2) is 65.7 Å². The Kier molecular flexibility index (Phi) is 9.95. The topological polar surface area (TPSA) is 52.1 Å². The maximum Gasteiger partial charge on any atom is 0.191 e. The van der Waals surface area contributed by atoms with Crippen LogP contribution in [0.1, 0.15) is 17.2 Å². The van der Waals surface area contributed by atoms with E-state index in [2.05, 4.69) is 61.8 Å². The highest BCUT2D eigenvalue weighted by molar-refractivity contribution is 14.0. The van der Waals surface area contributed by atoms with E-state index in [0.717, 1.165) is 37.7 Å². The molecule has 0 saturated carbocycles. The summed E-state index contributed by atoms with van der Waals surface area (Å²) in [5.74, 6) is 0.533. The van der Waals surface area contributed by atoms with E-state index in [1.807, 2.05) is 12.1 Å². The Labute approximate surface area is 212 Å². The average molecular weight is 565 g/mol. The third-order valence-corrected chi connectivity index (χ3v) is 5.98. The van der Waals surface area contributed by atoms with Gasteiger partial charge in [-0.15, -0.1) is 24.0 Å². The molecule has 0 radical (unpaired) electrons. The van der Waals surface area contributed by atoms with Crippen LogP contribution in [-0.2, 0) is 11.3 Å². The molecule has 1 fully saturated rings. The first-order valence-corrected chi connectivity index (χ1v) is 11.2. The second-order valence-corrected chi connectivity index (χ2v) is 8.07. The van der Waals surface area contributed by atoms with Gasteiger partial charge in [-0.1, -0.05) is 36.4 Å². The van der Waals surface area contributed by atoms with Gasteiger partial charge in [0.2, 0.25) is 0 Å². The van der Waals surface area contributed by atoms with Gasteiger partial charge in [0.25, 0.3) is 0 Å². The van der Waals surface area contributed by atoms with Gasteiger partial charge in [-0.25, -0.2) is 4.39 Å². The van der Waals surface area contributed by atoms with Gasteiger partial charge in [0.1, 0.15) is 5.82 Å². The largest absolute Gasteiger partial charge is 0.379 e. The van der Waals surface area contributed by atoms with Gasteiger partial charge in [0, 0.05) is 52.0 Å². The van der Waals surface area contributed by atoms with Crippen molar-refractivity contribution in [2.45, 2.75) is 12.6 Å². The number of ether oxygens (including phenoxy) is 1. The van der Waals surface area contributed by atoms with Crippen LogP contribution in [0.3, 0.4) is 0 Å². The van der Waals surface area contributed by atoms with Gasteiger partial charge in [0.15, 0.2) is 5.96 Å². The van der Waals surface area contributed by atoms with Gasteiger partial charge in [-0.2, -0.15) is 0 Å². The van der Waals surface area contributed by atoms with E-state index in [4.69, 9.17) is 4.74 Å². The third-order valence-electron chi connectivity index (χ3n) is 5.98. The molecule has 2 aromatic carbocycles. The van der Waals surface area contributed by atoms with Crippen LogP contribution in [0.2, 0.25) is 0 Å². The van der Waals surface area contributed by atoms with E-state index >= 15 is 0 Å². The van der Waals surface area contributed by atoms with E-state index in [-0.39, 0.29) is 35.8 Å². The van der Waals surface area contributed by atoms with Gasteiger partial charge < -0.3 is 20.3 Å². The van der Waals surface area contributed by atoms with Crippen molar-refractivity contribution in [2.75, 3.05) is 57.9 Å². The first-order chi connectivity index (χ1) is 15.7. The van der Waals surface area contributed by atoms with Gasteiger partial charge in [0.05, 0.1) is 19.3 Å². The van der Waals surface area contributed by atoms with Crippen molar-refractivity contribution in [3.05, 3.63) is 77.6 Å². The molecule has 1 unspecified atom stereocenters. The Morgan fingerprint density at radius 3 is 2.48 bits per heavy atom. The number of anilines is 1. The fourth-order valence-electron chi connectivity index (χ4n) is 4.18. The second kappa shape index (κ2) is 12.9. The maximum atomic E-state index is 13.5. The molecule has 6 nitrogen and oxygen atoms in total. The van der Waals surface area contributed by atoms with Crippen LogP contribution in [0.4, 0.5) is 10.1 Å². The van der Waals surface area contributed by atoms with Gasteiger partial charge in [-0.3, -0.25) is 9.89 Å². The van der Waals surface area contributed by atoms with E-state index in [1.54, 1.807) is 7.05 Å². The lowest BCUT2D eigenvalue weighted by molar-refractivity contribution is 0.0170. The van der Waals surface area contributed by atoms with Crippen LogP contribution in [0.25, 0.3) is 0 Å². The maximum absolute atomic E-state index is 13.5. The highest BCUT2D eigenvalue weighted by atomic mass is 127. The Hall–Kier alpha value is -2.17. The van der Waals surface area contributed by atoms with Crippen molar-refractivity contribution >= 4 is 35.6 Å². The SMILES string of the molecule is CN=C(NCc1cccc(N2CC=CC2)c1)NCC(c1ccc(F)cc1)N1CCOCC1.I. The fourth-order valence-corrected chi connectivity index (χ4v) is 4.18. The van der Waals surface area contributed by atoms with Crippen LogP contribution in [0.5, 0.6) is 0 Å². The summed E-state index contributed by atoms with van der Waals surface area (Å²) < 4.78 is 19.0. The van der Waals surface area contributed by atoms with Crippen LogP contribution in [0, 0.1) is 5.82 Å². The molecule has 0 amide bonds. The van der Waals surface area contributed by atoms with Crippen molar-refractivity contribution in [1.82, 2.24) is 15.5 Å². The van der Waals surface area contributed by atoms with Crippen LogP contribution < -0.4 is 15.5 Å². The summed E-state index contributed by atoms with van der Waals surface area (Å²) >= 11 is 0. The lowest BCUT2D eigenvalue weighted by atomic mass is 10.0. The summed E-state index contributed by atoms with van der Waals surface area (Å²) in [6.07, 6.45) is 4.39. The monoisotopic (exact) mass is 565 g/mol. The molecule has 0 aromatic heterocycles. The summed E-state index contributed by atoms with van der Waals surface area (Å²) in [6.45, 7) is 6.43. The lowest BCUT2D eigenvalue weighted by Crippen LogP contribution is -2.46. The number of benzene rings is 2. The number of nitrogens with zero attached hydrogens (tertiary/aromatic N) is 3. The van der Waals surface area contributed by atoms with Crippen LogP contribution >= 0.6 is 24.0 Å². The zero-order valence-corrected chi connectivity index (χ0v) is 21.4. The Morgan fingerprint density at radius 2 is 1.79 bits per heavy atom. The van der Waals surface area contributed by atoms with E-state index in [1.165, 1.54) is 23.4 Å². The van der Waals surface area contributed by atoms with Crippen LogP contribution in [-0.4, -0.2) is 63.8 Å². The van der Waals surface area contributed by atoms with Crippen molar-refractivity contribution in [2.24, 2.45) is 4.99 Å². The van der Waals surface area contributed by atoms with Crippen molar-refractivity contribution in [1.29, 1.82) is 0 Å². The minimum absolute atomic E-state index is 0. The predicted octanol–water partition coefficient (Wildman–Crippen LogP) is 3.56. The molecular weight excluding hydrogens is 532 g/mol. The molecule has 1 saturated heterocycles. The number of rotatable bonds is 7. The Morgan fingerprint density at radius 1 is 1.06 bits per heavy atom.